The van der Waals surface area contributed by atoms with Crippen molar-refractivity contribution >= 4 is 40.5 Å². The van der Waals surface area contributed by atoms with Crippen LogP contribution < -0.4 is 5.32 Å². The molecule has 32 heavy (non-hydrogen) atoms. The molecule has 172 valence electrons. The summed E-state index contributed by atoms with van der Waals surface area (Å²) in [5.74, 6) is -2.46. The molecule has 0 bridgehead atoms. The lowest BCUT2D eigenvalue weighted by Gasteiger charge is -2.37. The topological polar surface area (TPSA) is 152 Å². The van der Waals surface area contributed by atoms with Gasteiger partial charge in [0.1, 0.15) is 6.04 Å². The van der Waals surface area contributed by atoms with Gasteiger partial charge in [-0.25, -0.2) is 4.79 Å². The molecule has 3 rings (SSSR count). The van der Waals surface area contributed by atoms with Crippen LogP contribution in [0.2, 0.25) is 0 Å². The third-order valence-electron chi connectivity index (χ3n) is 5.30. The van der Waals surface area contributed by atoms with Crippen molar-refractivity contribution in [2.45, 2.75) is 25.8 Å². The Morgan fingerprint density at radius 2 is 1.84 bits per heavy atom. The predicted octanol–water partition coefficient (Wildman–Crippen LogP) is 1.87. The molecule has 1 aromatic heterocycles. The van der Waals surface area contributed by atoms with Crippen LogP contribution in [-0.4, -0.2) is 81.7 Å². The van der Waals surface area contributed by atoms with Gasteiger partial charge in [-0.15, -0.1) is 0 Å². The number of carbonyl (C=O) groups excluding carboxylic acids is 2. The largest absolute Gasteiger partial charge is 0.481 e. The van der Waals surface area contributed by atoms with Crippen molar-refractivity contribution in [3.8, 4) is 0 Å². The van der Waals surface area contributed by atoms with Crippen LogP contribution in [0.5, 0.6) is 0 Å². The fraction of sp³-hybridized carbons (Fsp3) is 0.429. The van der Waals surface area contributed by atoms with E-state index in [0.29, 0.717) is 48.3 Å². The summed E-state index contributed by atoms with van der Waals surface area (Å²) in [5, 5.41) is 22.0. The number of piperazine rings is 1. The number of hydrogen-bond donors (Lipinski definition) is 4. The van der Waals surface area contributed by atoms with Crippen LogP contribution in [0, 0.1) is 0 Å². The SMILES string of the molecule is CCOC(=O)N1CCN(C(C(=O)O)c2c[nH]c3cc(NC(=O)CCC(=O)O)ccc23)CC1. The Labute approximate surface area is 183 Å². The van der Waals surface area contributed by atoms with E-state index in [-0.39, 0.29) is 19.4 Å². The maximum absolute atomic E-state index is 12.1. The Morgan fingerprint density at radius 3 is 2.47 bits per heavy atom. The number of fused-ring (bicyclic) bond motifs is 1. The molecule has 2 heterocycles. The number of anilines is 1. The first kappa shape index (κ1) is 23.1. The average Bonchev–Trinajstić information content (AvgIpc) is 3.15. The lowest BCUT2D eigenvalue weighted by atomic mass is 10.0. The van der Waals surface area contributed by atoms with Crippen molar-refractivity contribution in [3.63, 3.8) is 0 Å². The molecule has 1 atom stereocenters. The zero-order valence-electron chi connectivity index (χ0n) is 17.7. The average molecular weight is 446 g/mol. The first-order valence-corrected chi connectivity index (χ1v) is 10.3. The van der Waals surface area contributed by atoms with Crippen LogP contribution in [-0.2, 0) is 19.1 Å². The van der Waals surface area contributed by atoms with Crippen molar-refractivity contribution < 1.29 is 34.1 Å². The second-order valence-corrected chi connectivity index (χ2v) is 7.41. The highest BCUT2D eigenvalue weighted by Gasteiger charge is 2.33. The maximum Gasteiger partial charge on any atom is 0.409 e. The molecular weight excluding hydrogens is 420 g/mol. The van der Waals surface area contributed by atoms with E-state index in [1.54, 1.807) is 36.2 Å². The van der Waals surface area contributed by atoms with Gasteiger partial charge in [-0.2, -0.15) is 0 Å². The number of carboxylic acid groups (broad SMARTS) is 2. The molecule has 0 spiro atoms. The number of carbonyl (C=O) groups is 4. The summed E-state index contributed by atoms with van der Waals surface area (Å²) in [6, 6.07) is 4.15. The van der Waals surface area contributed by atoms with Crippen LogP contribution >= 0.6 is 0 Å². The van der Waals surface area contributed by atoms with Crippen molar-refractivity contribution in [2.75, 3.05) is 38.1 Å². The summed E-state index contributed by atoms with van der Waals surface area (Å²) in [6.07, 6.45) is 0.841. The van der Waals surface area contributed by atoms with E-state index in [2.05, 4.69) is 10.3 Å². The van der Waals surface area contributed by atoms with Crippen LogP contribution in [0.4, 0.5) is 10.5 Å². The second kappa shape index (κ2) is 10.1. The van der Waals surface area contributed by atoms with Crippen molar-refractivity contribution in [1.29, 1.82) is 0 Å². The molecule has 1 aliphatic rings. The minimum Gasteiger partial charge on any atom is -0.481 e. The Kier molecular flexibility index (Phi) is 7.31. The molecule has 1 saturated heterocycles. The number of amides is 2. The monoisotopic (exact) mass is 446 g/mol. The van der Waals surface area contributed by atoms with E-state index < -0.39 is 30.0 Å². The number of H-pyrrole nitrogens is 1. The molecule has 0 radical (unpaired) electrons. The van der Waals surface area contributed by atoms with Crippen molar-refractivity contribution in [3.05, 3.63) is 30.0 Å². The third kappa shape index (κ3) is 5.35. The third-order valence-corrected chi connectivity index (χ3v) is 5.30. The Bertz CT molecular complexity index is 1010. The Morgan fingerprint density at radius 1 is 1.12 bits per heavy atom. The van der Waals surface area contributed by atoms with E-state index in [1.807, 2.05) is 4.90 Å². The van der Waals surface area contributed by atoms with Crippen LogP contribution in [0.15, 0.2) is 24.4 Å². The minimum atomic E-state index is -1.05. The predicted molar refractivity (Wildman–Crippen MR) is 114 cm³/mol. The fourth-order valence-electron chi connectivity index (χ4n) is 3.76. The van der Waals surface area contributed by atoms with Gasteiger partial charge in [0.2, 0.25) is 5.91 Å². The standard InChI is InChI=1S/C21H26N4O7/c1-2-32-21(31)25-9-7-24(8-10-25)19(20(29)30)15-12-22-16-11-13(3-4-14(15)16)23-17(26)5-6-18(27)28/h3-4,11-12,19,22H,2,5-10H2,1H3,(H,23,26)(H,27,28)(H,29,30). The fourth-order valence-corrected chi connectivity index (χ4v) is 3.76. The van der Waals surface area contributed by atoms with E-state index >= 15 is 0 Å². The Balaban J connectivity index is 1.74. The molecule has 11 heteroatoms. The lowest BCUT2D eigenvalue weighted by molar-refractivity contribution is -0.144. The summed E-state index contributed by atoms with van der Waals surface area (Å²) >= 11 is 0. The van der Waals surface area contributed by atoms with E-state index in [9.17, 15) is 24.3 Å². The lowest BCUT2D eigenvalue weighted by Crippen LogP contribution is -2.51. The van der Waals surface area contributed by atoms with Gasteiger partial charge >= 0.3 is 18.0 Å². The molecule has 2 amide bonds. The molecule has 11 nitrogen and oxygen atoms in total. The van der Waals surface area contributed by atoms with Crippen LogP contribution in [0.3, 0.4) is 0 Å². The molecule has 1 fully saturated rings. The number of nitrogens with zero attached hydrogens (tertiary/aromatic N) is 2. The van der Waals surface area contributed by atoms with Crippen LogP contribution in [0.1, 0.15) is 31.4 Å². The summed E-state index contributed by atoms with van der Waals surface area (Å²) in [4.78, 5) is 52.9. The summed E-state index contributed by atoms with van der Waals surface area (Å²) in [7, 11) is 0. The van der Waals surface area contributed by atoms with Gasteiger partial charge in [-0.1, -0.05) is 6.07 Å². The van der Waals surface area contributed by atoms with Crippen LogP contribution in [0.25, 0.3) is 10.9 Å². The van der Waals surface area contributed by atoms with E-state index in [1.165, 1.54) is 0 Å². The summed E-state index contributed by atoms with van der Waals surface area (Å²) < 4.78 is 5.01. The normalized spacial score (nSPS) is 15.3. The van der Waals surface area contributed by atoms with Gasteiger partial charge < -0.3 is 30.2 Å². The zero-order valence-corrected chi connectivity index (χ0v) is 17.7. The number of hydrogen-bond acceptors (Lipinski definition) is 6. The number of carboxylic acids is 2. The van der Waals surface area contributed by atoms with Gasteiger partial charge in [-0.05, 0) is 19.1 Å². The maximum atomic E-state index is 12.1. The molecule has 1 aromatic carbocycles. The molecule has 4 N–H and O–H groups in total. The van der Waals surface area contributed by atoms with Gasteiger partial charge in [0, 0.05) is 61.0 Å². The molecule has 1 aliphatic heterocycles. The molecule has 2 aromatic rings. The van der Waals surface area contributed by atoms with E-state index in [0.717, 1.165) is 0 Å². The number of rotatable bonds is 8. The zero-order chi connectivity index (χ0) is 23.3. The highest BCUT2D eigenvalue weighted by molar-refractivity contribution is 5.96. The number of aromatic nitrogens is 1. The smallest absolute Gasteiger partial charge is 0.409 e. The highest BCUT2D eigenvalue weighted by atomic mass is 16.6. The second-order valence-electron chi connectivity index (χ2n) is 7.41. The number of ether oxygens (including phenoxy) is 1. The van der Waals surface area contributed by atoms with Gasteiger partial charge in [-0.3, -0.25) is 19.3 Å². The first-order chi connectivity index (χ1) is 15.3. The van der Waals surface area contributed by atoms with Crippen molar-refractivity contribution in [2.24, 2.45) is 0 Å². The first-order valence-electron chi connectivity index (χ1n) is 10.3. The summed E-state index contributed by atoms with van der Waals surface area (Å²) in [6.45, 7) is 3.54. The quantitative estimate of drug-likeness (QED) is 0.479. The Hall–Kier alpha value is -3.60. The van der Waals surface area contributed by atoms with E-state index in [4.69, 9.17) is 9.84 Å². The molecule has 1 unspecified atom stereocenters. The molecule has 0 saturated carbocycles. The van der Waals surface area contributed by atoms with Gasteiger partial charge in [0.15, 0.2) is 0 Å². The highest BCUT2D eigenvalue weighted by Crippen LogP contribution is 2.31. The number of benzene rings is 1. The number of nitrogens with one attached hydrogen (secondary N) is 2. The van der Waals surface area contributed by atoms with Gasteiger partial charge in [0.25, 0.3) is 0 Å². The number of aliphatic carboxylic acids is 2. The minimum absolute atomic E-state index is 0.137. The van der Waals surface area contributed by atoms with Crippen molar-refractivity contribution in [1.82, 2.24) is 14.8 Å². The molecular formula is C21H26N4O7. The number of aromatic amines is 1. The summed E-state index contributed by atoms with van der Waals surface area (Å²) in [5.41, 5.74) is 1.71. The van der Waals surface area contributed by atoms with Gasteiger partial charge in [0.05, 0.1) is 13.0 Å². The molecule has 0 aliphatic carbocycles.